The maximum absolute atomic E-state index is 13.4. The Bertz CT molecular complexity index is 1430. The van der Waals surface area contributed by atoms with Gasteiger partial charge in [-0.05, 0) is 90.8 Å². The van der Waals surface area contributed by atoms with E-state index in [1.165, 1.54) is 40.3 Å². The highest BCUT2D eigenvalue weighted by Gasteiger charge is 2.65. The number of rotatable bonds is 7. The molecule has 2 fully saturated rings. The molecule has 2 aliphatic rings. The Morgan fingerprint density at radius 1 is 1.08 bits per heavy atom. The first-order valence-electron chi connectivity index (χ1n) is 11.9. The average molecular weight is 557 g/mol. The molecule has 0 bridgehead atoms. The minimum Gasteiger partial charge on any atom is -0.497 e. The van der Waals surface area contributed by atoms with Gasteiger partial charge in [0.1, 0.15) is 17.0 Å². The van der Waals surface area contributed by atoms with Crippen molar-refractivity contribution in [2.24, 2.45) is 0 Å². The number of carbonyl (C=O) groups is 3. The van der Waals surface area contributed by atoms with Gasteiger partial charge in [0.15, 0.2) is 0 Å². The van der Waals surface area contributed by atoms with Crippen LogP contribution in [0.25, 0.3) is 0 Å². The Balaban J connectivity index is 1.34. The molecule has 5 rings (SSSR count). The number of pyridine rings is 1. The van der Waals surface area contributed by atoms with Gasteiger partial charge in [-0.2, -0.15) is 13.2 Å². The fourth-order valence-corrected chi connectivity index (χ4v) is 5.07. The van der Waals surface area contributed by atoms with E-state index >= 15 is 0 Å². The lowest BCUT2D eigenvalue weighted by molar-refractivity contribution is -0.120. The van der Waals surface area contributed by atoms with E-state index in [0.717, 1.165) is 4.90 Å². The summed E-state index contributed by atoms with van der Waals surface area (Å²) >= 11 is -0.268. The Morgan fingerprint density at radius 3 is 2.33 bits per heavy atom. The van der Waals surface area contributed by atoms with E-state index in [4.69, 9.17) is 4.74 Å². The van der Waals surface area contributed by atoms with Gasteiger partial charge >= 0.3 is 11.5 Å². The van der Waals surface area contributed by atoms with Crippen LogP contribution in [0.5, 0.6) is 5.75 Å². The molecule has 1 aliphatic heterocycles. The molecule has 0 N–H and O–H groups in total. The number of carbonyl (C=O) groups excluding carboxylic acids is 3. The fraction of sp³-hybridized carbons (Fsp3) is 0.259. The van der Waals surface area contributed by atoms with Crippen LogP contribution >= 0.6 is 11.8 Å². The van der Waals surface area contributed by atoms with Crippen LogP contribution in [0.3, 0.4) is 0 Å². The number of alkyl halides is 3. The first-order valence-corrected chi connectivity index (χ1v) is 12.7. The van der Waals surface area contributed by atoms with Crippen molar-refractivity contribution >= 4 is 41.0 Å². The minimum atomic E-state index is -4.44. The lowest BCUT2D eigenvalue weighted by atomic mass is 10.1. The summed E-state index contributed by atoms with van der Waals surface area (Å²) in [6, 6.07) is 14.8. The zero-order valence-electron chi connectivity index (χ0n) is 20.9. The fourth-order valence-electron chi connectivity index (χ4n) is 4.53. The average Bonchev–Trinajstić information content (AvgIpc) is 3.70. The number of nitrogens with zero attached hydrogens (tertiary/aromatic N) is 4. The van der Waals surface area contributed by atoms with E-state index < -0.39 is 23.0 Å². The van der Waals surface area contributed by atoms with E-state index in [1.54, 1.807) is 50.6 Å². The van der Waals surface area contributed by atoms with Gasteiger partial charge in [0.25, 0.3) is 11.8 Å². The molecular formula is C27H23F3N4O4S. The second kappa shape index (κ2) is 9.92. The van der Waals surface area contributed by atoms with Gasteiger partial charge in [0, 0.05) is 30.4 Å². The quantitative estimate of drug-likeness (QED) is 0.283. The van der Waals surface area contributed by atoms with E-state index in [0.29, 0.717) is 29.8 Å². The molecule has 2 aromatic carbocycles. The van der Waals surface area contributed by atoms with Crippen molar-refractivity contribution in [3.8, 4) is 5.75 Å². The normalized spacial score (nSPS) is 16.1. The molecule has 1 aromatic heterocycles. The summed E-state index contributed by atoms with van der Waals surface area (Å²) < 4.78 is 43.2. The third-order valence-electron chi connectivity index (χ3n) is 6.74. The summed E-state index contributed by atoms with van der Waals surface area (Å²) in [6.45, 7) is 0.0676. The van der Waals surface area contributed by atoms with E-state index in [9.17, 15) is 27.6 Å². The highest BCUT2D eigenvalue weighted by atomic mass is 32.2. The molecule has 8 nitrogen and oxygen atoms in total. The van der Waals surface area contributed by atoms with Crippen molar-refractivity contribution in [2.45, 2.75) is 35.3 Å². The van der Waals surface area contributed by atoms with Crippen molar-refractivity contribution in [3.63, 3.8) is 0 Å². The SMILES string of the molecule is COc1ccc(N(C)C(=O)c2cc(CN3C(=O)N(c4ccc(SC(F)(F)F)cc4)C(=O)C34CC4)ccn2)cc1. The van der Waals surface area contributed by atoms with E-state index in [2.05, 4.69) is 4.98 Å². The highest BCUT2D eigenvalue weighted by Crippen LogP contribution is 2.50. The van der Waals surface area contributed by atoms with Crippen LogP contribution in [-0.4, -0.2) is 52.9 Å². The maximum atomic E-state index is 13.4. The van der Waals surface area contributed by atoms with Crippen LogP contribution in [0.15, 0.2) is 71.8 Å². The van der Waals surface area contributed by atoms with Crippen LogP contribution in [0, 0.1) is 0 Å². The Labute approximate surface area is 226 Å². The van der Waals surface area contributed by atoms with Crippen molar-refractivity contribution < 1.29 is 32.3 Å². The number of methoxy groups -OCH3 is 1. The van der Waals surface area contributed by atoms with Gasteiger partial charge in [-0.1, -0.05) is 0 Å². The monoisotopic (exact) mass is 556 g/mol. The first-order chi connectivity index (χ1) is 18.5. The summed E-state index contributed by atoms with van der Waals surface area (Å²) in [7, 11) is 3.17. The Morgan fingerprint density at radius 2 is 1.74 bits per heavy atom. The standard InChI is InChI=1S/C27H23F3N4O4S/c1-32(18-3-7-20(38-2)8-4-18)23(35)22-15-17(11-14-31-22)16-33-25(37)34(24(36)26(33)12-13-26)19-5-9-21(10-6-19)39-27(28,29)30/h3-11,14-15H,12-13,16H2,1-2H3. The van der Waals surface area contributed by atoms with Crippen molar-refractivity contribution in [1.82, 2.24) is 9.88 Å². The zero-order chi connectivity index (χ0) is 27.9. The Hall–Kier alpha value is -4.06. The Kier molecular flexibility index (Phi) is 6.75. The molecule has 2 heterocycles. The summed E-state index contributed by atoms with van der Waals surface area (Å²) in [5.74, 6) is -0.109. The predicted molar refractivity (Wildman–Crippen MR) is 139 cm³/mol. The summed E-state index contributed by atoms with van der Waals surface area (Å²) in [5, 5.41) is 0. The van der Waals surface area contributed by atoms with Crippen molar-refractivity contribution in [3.05, 3.63) is 78.1 Å². The maximum Gasteiger partial charge on any atom is 0.446 e. The van der Waals surface area contributed by atoms with Gasteiger partial charge in [-0.25, -0.2) is 9.69 Å². The number of imide groups is 1. The number of aromatic nitrogens is 1. The third kappa shape index (κ3) is 5.16. The molecule has 12 heteroatoms. The van der Waals surface area contributed by atoms with Gasteiger partial charge in [-0.15, -0.1) is 0 Å². The predicted octanol–water partition coefficient (Wildman–Crippen LogP) is 5.48. The highest BCUT2D eigenvalue weighted by molar-refractivity contribution is 8.00. The molecule has 4 amide bonds. The lowest BCUT2D eigenvalue weighted by Gasteiger charge is -2.22. The number of anilines is 2. The number of ether oxygens (including phenoxy) is 1. The summed E-state index contributed by atoms with van der Waals surface area (Å²) in [6.07, 6.45) is 2.43. The first kappa shape index (κ1) is 26.5. The molecule has 202 valence electrons. The molecule has 3 aromatic rings. The molecule has 1 spiro atoms. The van der Waals surface area contributed by atoms with E-state index in [1.807, 2.05) is 0 Å². The van der Waals surface area contributed by atoms with Crippen molar-refractivity contribution in [2.75, 3.05) is 24.0 Å². The molecule has 1 aliphatic carbocycles. The second-order valence-corrected chi connectivity index (χ2v) is 10.3. The molecule has 0 atom stereocenters. The van der Waals surface area contributed by atoms with Crippen LogP contribution in [0.1, 0.15) is 28.9 Å². The topological polar surface area (TPSA) is 83.0 Å². The smallest absolute Gasteiger partial charge is 0.446 e. The van der Waals surface area contributed by atoms with E-state index in [-0.39, 0.29) is 40.5 Å². The van der Waals surface area contributed by atoms with Crippen LogP contribution in [0.4, 0.5) is 29.3 Å². The number of thioether (sulfide) groups is 1. The zero-order valence-corrected chi connectivity index (χ0v) is 21.8. The lowest BCUT2D eigenvalue weighted by Crippen LogP contribution is -2.36. The van der Waals surface area contributed by atoms with Crippen molar-refractivity contribution in [1.29, 1.82) is 0 Å². The largest absolute Gasteiger partial charge is 0.497 e. The number of hydrogen-bond acceptors (Lipinski definition) is 6. The van der Waals surface area contributed by atoms with Gasteiger partial charge in [0.05, 0.1) is 12.8 Å². The van der Waals surface area contributed by atoms with Gasteiger partial charge < -0.3 is 14.5 Å². The minimum absolute atomic E-state index is 0.0445. The van der Waals surface area contributed by atoms with Gasteiger partial charge in [0.2, 0.25) is 0 Å². The van der Waals surface area contributed by atoms with Crippen LogP contribution in [0.2, 0.25) is 0 Å². The molecule has 1 saturated carbocycles. The van der Waals surface area contributed by atoms with Gasteiger partial charge in [-0.3, -0.25) is 14.6 Å². The summed E-state index contributed by atoms with van der Waals surface area (Å²) in [5.41, 5.74) is -3.81. The summed E-state index contributed by atoms with van der Waals surface area (Å²) in [4.78, 5) is 47.9. The number of urea groups is 1. The second-order valence-electron chi connectivity index (χ2n) is 9.19. The van der Waals surface area contributed by atoms with Crippen LogP contribution < -0.4 is 14.5 Å². The van der Waals surface area contributed by atoms with Crippen LogP contribution in [-0.2, 0) is 11.3 Å². The molecule has 1 saturated heterocycles. The number of hydrogen-bond donors (Lipinski definition) is 0. The third-order valence-corrected chi connectivity index (χ3v) is 7.48. The number of halogens is 3. The number of benzene rings is 2. The number of amides is 4. The molecule has 0 unspecified atom stereocenters. The molecule has 39 heavy (non-hydrogen) atoms. The molecular weight excluding hydrogens is 533 g/mol. The molecule has 0 radical (unpaired) electrons.